The first-order valence-corrected chi connectivity index (χ1v) is 6.95. The quantitative estimate of drug-likeness (QED) is 0.782. The summed E-state index contributed by atoms with van der Waals surface area (Å²) in [6, 6.07) is 12.6. The predicted octanol–water partition coefficient (Wildman–Crippen LogP) is 4.18. The Labute approximate surface area is 122 Å². The van der Waals surface area contributed by atoms with Crippen molar-refractivity contribution in [3.63, 3.8) is 0 Å². The van der Waals surface area contributed by atoms with E-state index in [1.54, 1.807) is 6.07 Å². The van der Waals surface area contributed by atoms with Gasteiger partial charge in [0, 0.05) is 17.5 Å². The summed E-state index contributed by atoms with van der Waals surface area (Å²) < 4.78 is 13.4. The number of benzene rings is 2. The van der Waals surface area contributed by atoms with E-state index in [4.69, 9.17) is 0 Å². The zero-order valence-electron chi connectivity index (χ0n) is 12.0. The van der Waals surface area contributed by atoms with Crippen molar-refractivity contribution in [2.24, 2.45) is 0 Å². The highest BCUT2D eigenvalue weighted by atomic mass is 19.1. The second-order valence-corrected chi connectivity index (χ2v) is 4.96. The molecule has 0 fully saturated rings. The summed E-state index contributed by atoms with van der Waals surface area (Å²) in [5.41, 5.74) is 2.85. The maximum atomic E-state index is 13.4. The van der Waals surface area contributed by atoms with Crippen LogP contribution in [0.2, 0.25) is 0 Å². The van der Waals surface area contributed by atoms with Gasteiger partial charge < -0.3 is 5.32 Å². The van der Waals surface area contributed by atoms with E-state index in [0.29, 0.717) is 17.0 Å². The SMILES string of the molecule is CCNc1nc(-c2cccc(C)c2)nc2ccc(F)cc12. The van der Waals surface area contributed by atoms with Crippen LogP contribution < -0.4 is 5.32 Å². The molecule has 0 saturated carbocycles. The van der Waals surface area contributed by atoms with Crippen molar-refractivity contribution in [3.8, 4) is 11.4 Å². The highest BCUT2D eigenvalue weighted by Crippen LogP contribution is 2.26. The predicted molar refractivity (Wildman–Crippen MR) is 83.8 cm³/mol. The highest BCUT2D eigenvalue weighted by Gasteiger charge is 2.10. The van der Waals surface area contributed by atoms with Crippen LogP contribution in [0.3, 0.4) is 0 Å². The number of hydrogen-bond donors (Lipinski definition) is 1. The van der Waals surface area contributed by atoms with Crippen LogP contribution in [0.4, 0.5) is 10.2 Å². The molecule has 0 aliphatic carbocycles. The lowest BCUT2D eigenvalue weighted by molar-refractivity contribution is 0.629. The molecule has 1 aromatic heterocycles. The molecule has 3 nitrogen and oxygen atoms in total. The topological polar surface area (TPSA) is 37.8 Å². The number of halogens is 1. The zero-order valence-corrected chi connectivity index (χ0v) is 12.0. The van der Waals surface area contributed by atoms with Gasteiger partial charge in [-0.3, -0.25) is 0 Å². The smallest absolute Gasteiger partial charge is 0.162 e. The van der Waals surface area contributed by atoms with Crippen LogP contribution in [0.1, 0.15) is 12.5 Å². The minimum atomic E-state index is -0.284. The van der Waals surface area contributed by atoms with Gasteiger partial charge in [-0.25, -0.2) is 14.4 Å². The van der Waals surface area contributed by atoms with Crippen LogP contribution in [0.25, 0.3) is 22.3 Å². The Morgan fingerprint density at radius 3 is 2.71 bits per heavy atom. The summed E-state index contributed by atoms with van der Waals surface area (Å²) in [6.45, 7) is 4.74. The van der Waals surface area contributed by atoms with E-state index in [0.717, 1.165) is 23.2 Å². The molecule has 0 aliphatic rings. The van der Waals surface area contributed by atoms with E-state index in [2.05, 4.69) is 15.3 Å². The molecule has 4 heteroatoms. The Balaban J connectivity index is 2.23. The van der Waals surface area contributed by atoms with Gasteiger partial charge in [-0.05, 0) is 38.1 Å². The maximum absolute atomic E-state index is 13.4. The molecule has 0 amide bonds. The number of rotatable bonds is 3. The summed E-state index contributed by atoms with van der Waals surface area (Å²) in [6.07, 6.45) is 0. The Hall–Kier alpha value is -2.49. The summed E-state index contributed by atoms with van der Waals surface area (Å²) in [5, 5.41) is 3.89. The third-order valence-corrected chi connectivity index (χ3v) is 3.28. The molecular formula is C17H16FN3. The van der Waals surface area contributed by atoms with E-state index in [1.807, 2.05) is 38.1 Å². The molecule has 0 radical (unpaired) electrons. The van der Waals surface area contributed by atoms with Crippen molar-refractivity contribution < 1.29 is 4.39 Å². The average molecular weight is 281 g/mol. The fraction of sp³-hybridized carbons (Fsp3) is 0.176. The second-order valence-electron chi connectivity index (χ2n) is 4.96. The Bertz CT molecular complexity index is 799. The molecule has 0 unspecified atom stereocenters. The van der Waals surface area contributed by atoms with Crippen LogP contribution in [0.15, 0.2) is 42.5 Å². The van der Waals surface area contributed by atoms with Crippen LogP contribution in [0, 0.1) is 12.7 Å². The molecule has 0 saturated heterocycles. The van der Waals surface area contributed by atoms with Gasteiger partial charge in [-0.2, -0.15) is 0 Å². The standard InChI is InChI=1S/C17H16FN3/c1-3-19-17-14-10-13(18)7-8-15(14)20-16(21-17)12-6-4-5-11(2)9-12/h4-10H,3H2,1-2H3,(H,19,20,21). The van der Waals surface area contributed by atoms with Crippen LogP contribution in [0.5, 0.6) is 0 Å². The van der Waals surface area contributed by atoms with E-state index >= 15 is 0 Å². The molecule has 0 bridgehead atoms. The van der Waals surface area contributed by atoms with Crippen molar-refractivity contribution >= 4 is 16.7 Å². The van der Waals surface area contributed by atoms with Crippen molar-refractivity contribution in [1.82, 2.24) is 9.97 Å². The number of nitrogens with one attached hydrogen (secondary N) is 1. The number of anilines is 1. The molecule has 0 aliphatic heterocycles. The molecular weight excluding hydrogens is 265 g/mol. The van der Waals surface area contributed by atoms with E-state index in [-0.39, 0.29) is 5.82 Å². The Morgan fingerprint density at radius 1 is 1.10 bits per heavy atom. The molecule has 3 aromatic rings. The average Bonchev–Trinajstić information content (AvgIpc) is 2.48. The van der Waals surface area contributed by atoms with Gasteiger partial charge in [-0.1, -0.05) is 23.8 Å². The van der Waals surface area contributed by atoms with Gasteiger partial charge in [0.05, 0.1) is 5.52 Å². The third kappa shape index (κ3) is 2.70. The molecule has 1 heterocycles. The van der Waals surface area contributed by atoms with Gasteiger partial charge in [0.1, 0.15) is 11.6 Å². The summed E-state index contributed by atoms with van der Waals surface area (Å²) >= 11 is 0. The lowest BCUT2D eigenvalue weighted by atomic mass is 10.1. The summed E-state index contributed by atoms with van der Waals surface area (Å²) in [7, 11) is 0. The number of hydrogen-bond acceptors (Lipinski definition) is 3. The number of nitrogens with zero attached hydrogens (tertiary/aromatic N) is 2. The Kier molecular flexibility index (Phi) is 3.52. The van der Waals surface area contributed by atoms with Crippen molar-refractivity contribution in [1.29, 1.82) is 0 Å². The second kappa shape index (κ2) is 5.48. The molecule has 1 N–H and O–H groups in total. The fourth-order valence-electron chi connectivity index (χ4n) is 2.32. The van der Waals surface area contributed by atoms with Gasteiger partial charge >= 0.3 is 0 Å². The first-order valence-electron chi connectivity index (χ1n) is 6.95. The van der Waals surface area contributed by atoms with Crippen LogP contribution in [-0.2, 0) is 0 Å². The van der Waals surface area contributed by atoms with E-state index in [1.165, 1.54) is 12.1 Å². The minimum Gasteiger partial charge on any atom is -0.370 e. The Morgan fingerprint density at radius 2 is 1.95 bits per heavy atom. The lowest BCUT2D eigenvalue weighted by Gasteiger charge is -2.10. The molecule has 2 aromatic carbocycles. The molecule has 21 heavy (non-hydrogen) atoms. The molecule has 0 spiro atoms. The first kappa shape index (κ1) is 13.5. The van der Waals surface area contributed by atoms with Gasteiger partial charge in [0.2, 0.25) is 0 Å². The summed E-state index contributed by atoms with van der Waals surface area (Å²) in [5.74, 6) is 1.03. The third-order valence-electron chi connectivity index (χ3n) is 3.28. The van der Waals surface area contributed by atoms with Crippen LogP contribution >= 0.6 is 0 Å². The number of aryl methyl sites for hydroxylation is 1. The number of fused-ring (bicyclic) bond motifs is 1. The normalized spacial score (nSPS) is 10.8. The summed E-state index contributed by atoms with van der Waals surface area (Å²) in [4.78, 5) is 9.11. The van der Waals surface area contributed by atoms with Crippen molar-refractivity contribution in [2.75, 3.05) is 11.9 Å². The lowest BCUT2D eigenvalue weighted by Crippen LogP contribution is -2.03. The minimum absolute atomic E-state index is 0.284. The van der Waals surface area contributed by atoms with E-state index in [9.17, 15) is 4.39 Å². The number of aromatic nitrogens is 2. The molecule has 0 atom stereocenters. The highest BCUT2D eigenvalue weighted by molar-refractivity contribution is 5.90. The van der Waals surface area contributed by atoms with E-state index < -0.39 is 0 Å². The monoisotopic (exact) mass is 281 g/mol. The van der Waals surface area contributed by atoms with Gasteiger partial charge in [0.15, 0.2) is 5.82 Å². The fourth-order valence-corrected chi connectivity index (χ4v) is 2.32. The zero-order chi connectivity index (χ0) is 14.8. The van der Waals surface area contributed by atoms with Crippen LogP contribution in [-0.4, -0.2) is 16.5 Å². The van der Waals surface area contributed by atoms with Crippen molar-refractivity contribution in [2.45, 2.75) is 13.8 Å². The molecule has 106 valence electrons. The van der Waals surface area contributed by atoms with Gasteiger partial charge in [-0.15, -0.1) is 0 Å². The maximum Gasteiger partial charge on any atom is 0.162 e. The van der Waals surface area contributed by atoms with Gasteiger partial charge in [0.25, 0.3) is 0 Å². The largest absolute Gasteiger partial charge is 0.370 e. The first-order chi connectivity index (χ1) is 10.2. The van der Waals surface area contributed by atoms with Crippen molar-refractivity contribution in [3.05, 3.63) is 53.8 Å². The molecule has 3 rings (SSSR count).